The van der Waals surface area contributed by atoms with Crippen molar-refractivity contribution in [1.82, 2.24) is 14.9 Å². The van der Waals surface area contributed by atoms with E-state index < -0.39 is 0 Å². The van der Waals surface area contributed by atoms with E-state index in [1.165, 1.54) is 9.47 Å². The number of hydrogen-bond acceptors (Lipinski definition) is 3. The van der Waals surface area contributed by atoms with Crippen molar-refractivity contribution < 1.29 is 9.69 Å². The summed E-state index contributed by atoms with van der Waals surface area (Å²) in [6.07, 6.45) is 1.65. The van der Waals surface area contributed by atoms with Crippen LogP contribution in [0.5, 0.6) is 0 Å². The van der Waals surface area contributed by atoms with Gasteiger partial charge in [0.2, 0.25) is 0 Å². The number of carbonyl (C=O) groups is 1. The van der Waals surface area contributed by atoms with Crippen LogP contribution >= 0.6 is 0 Å². The highest BCUT2D eigenvalue weighted by Gasteiger charge is 2.15. The lowest BCUT2D eigenvalue weighted by atomic mass is 10.2. The van der Waals surface area contributed by atoms with E-state index >= 15 is 0 Å². The summed E-state index contributed by atoms with van der Waals surface area (Å²) in [5, 5.41) is 3.59. The van der Waals surface area contributed by atoms with Crippen LogP contribution in [-0.4, -0.2) is 42.6 Å². The number of fused-ring (bicyclic) bond motifs is 1. The van der Waals surface area contributed by atoms with Crippen molar-refractivity contribution in [1.29, 1.82) is 0 Å². The molecule has 6 nitrogen and oxygen atoms in total. The third-order valence-electron chi connectivity index (χ3n) is 3.32. The third-order valence-corrected chi connectivity index (χ3v) is 3.32. The minimum atomic E-state index is -0.325. The number of aryl methyl sites for hydroxylation is 1. The molecule has 0 fully saturated rings. The van der Waals surface area contributed by atoms with Gasteiger partial charge >= 0.3 is 0 Å². The van der Waals surface area contributed by atoms with Gasteiger partial charge in [-0.25, -0.2) is 4.98 Å². The number of carbonyl (C=O) groups excluding carboxylic acids is 1. The van der Waals surface area contributed by atoms with Crippen LogP contribution in [0, 0.1) is 0 Å². The summed E-state index contributed by atoms with van der Waals surface area (Å²) in [7, 11) is 4.02. The quantitative estimate of drug-likeness (QED) is 0.764. The molecule has 2 aromatic heterocycles. The van der Waals surface area contributed by atoms with Crippen molar-refractivity contribution in [2.24, 2.45) is 0 Å². The molecule has 0 bridgehead atoms. The molecule has 0 aromatic carbocycles. The van der Waals surface area contributed by atoms with Crippen LogP contribution < -0.4 is 15.8 Å². The Morgan fingerprint density at radius 3 is 2.86 bits per heavy atom. The monoisotopic (exact) mass is 289 g/mol. The van der Waals surface area contributed by atoms with E-state index in [2.05, 4.69) is 10.3 Å². The summed E-state index contributed by atoms with van der Waals surface area (Å²) < 4.78 is 1.53. The molecule has 21 heavy (non-hydrogen) atoms. The Bertz CT molecular complexity index is 706. The van der Waals surface area contributed by atoms with Gasteiger partial charge in [0, 0.05) is 18.1 Å². The highest BCUT2D eigenvalue weighted by Crippen LogP contribution is 2.10. The van der Waals surface area contributed by atoms with Crippen molar-refractivity contribution in [2.45, 2.75) is 13.5 Å². The summed E-state index contributed by atoms with van der Waals surface area (Å²) in [6, 6.07) is 5.27. The highest BCUT2D eigenvalue weighted by atomic mass is 16.2. The van der Waals surface area contributed by atoms with E-state index in [0.717, 1.165) is 11.9 Å². The normalized spacial score (nSPS) is 11.0. The summed E-state index contributed by atoms with van der Waals surface area (Å²) in [6.45, 7) is 3.70. The van der Waals surface area contributed by atoms with Crippen molar-refractivity contribution in [3.63, 3.8) is 0 Å². The zero-order valence-electron chi connectivity index (χ0n) is 12.6. The Morgan fingerprint density at radius 2 is 2.19 bits per heavy atom. The zero-order chi connectivity index (χ0) is 15.4. The van der Waals surface area contributed by atoms with E-state index in [1.807, 2.05) is 27.1 Å². The molecule has 0 unspecified atom stereocenters. The lowest BCUT2D eigenvalue weighted by Gasteiger charge is -2.11. The molecule has 0 radical (unpaired) electrons. The second kappa shape index (κ2) is 6.49. The minimum absolute atomic E-state index is 0.172. The fourth-order valence-electron chi connectivity index (χ4n) is 2.18. The maximum absolute atomic E-state index is 12.4. The molecule has 112 valence electrons. The van der Waals surface area contributed by atoms with Crippen molar-refractivity contribution in [3.8, 4) is 0 Å². The number of quaternary nitrogens is 1. The fourth-order valence-corrected chi connectivity index (χ4v) is 2.18. The van der Waals surface area contributed by atoms with Crippen LogP contribution in [0.1, 0.15) is 17.3 Å². The van der Waals surface area contributed by atoms with Gasteiger partial charge < -0.3 is 10.2 Å². The Labute approximate surface area is 123 Å². The summed E-state index contributed by atoms with van der Waals surface area (Å²) in [5.41, 5.74) is 0.490. The van der Waals surface area contributed by atoms with Gasteiger partial charge in [-0.3, -0.25) is 14.2 Å². The van der Waals surface area contributed by atoms with Crippen molar-refractivity contribution >= 4 is 16.9 Å². The second-order valence-electron chi connectivity index (χ2n) is 5.24. The highest BCUT2D eigenvalue weighted by molar-refractivity contribution is 5.96. The standard InChI is InChI=1S/C15H20N4O2/c1-4-19-13-11(6-5-7-16-13)10-12(15(19)21)14(20)17-8-9-18(2)3/h5-7,10H,4,8-9H2,1-3H3,(H,17,20)/p+1. The average Bonchev–Trinajstić information content (AvgIpc) is 2.46. The van der Waals surface area contributed by atoms with Gasteiger partial charge in [0.05, 0.1) is 27.2 Å². The molecule has 0 aliphatic rings. The van der Waals surface area contributed by atoms with Crippen LogP contribution in [-0.2, 0) is 6.54 Å². The number of aromatic nitrogens is 2. The van der Waals surface area contributed by atoms with E-state index in [1.54, 1.807) is 18.3 Å². The number of nitrogens with zero attached hydrogens (tertiary/aromatic N) is 2. The lowest BCUT2D eigenvalue weighted by Crippen LogP contribution is -3.06. The van der Waals surface area contributed by atoms with Gasteiger partial charge in [-0.05, 0) is 25.1 Å². The Kier molecular flexibility index (Phi) is 4.70. The molecule has 1 amide bonds. The van der Waals surface area contributed by atoms with Crippen LogP contribution in [0.25, 0.3) is 11.0 Å². The molecule has 2 heterocycles. The first-order valence-electron chi connectivity index (χ1n) is 7.10. The molecule has 2 N–H and O–H groups in total. The van der Waals surface area contributed by atoms with Gasteiger partial charge in [-0.2, -0.15) is 0 Å². The Morgan fingerprint density at radius 1 is 1.43 bits per heavy atom. The van der Waals surface area contributed by atoms with E-state index in [4.69, 9.17) is 0 Å². The molecule has 2 rings (SSSR count). The first kappa shape index (κ1) is 15.2. The summed E-state index contributed by atoms with van der Waals surface area (Å²) in [4.78, 5) is 30.1. The van der Waals surface area contributed by atoms with E-state index in [9.17, 15) is 9.59 Å². The smallest absolute Gasteiger partial charge is 0.265 e. The Balaban J connectivity index is 2.38. The summed E-state index contributed by atoms with van der Waals surface area (Å²) >= 11 is 0. The molecule has 2 aromatic rings. The van der Waals surface area contributed by atoms with Gasteiger partial charge in [-0.15, -0.1) is 0 Å². The molecule has 0 spiro atoms. The topological polar surface area (TPSA) is 68.4 Å². The second-order valence-corrected chi connectivity index (χ2v) is 5.24. The number of pyridine rings is 2. The SMILES string of the molecule is CCn1c(=O)c(C(=O)NCC[NH+](C)C)cc2cccnc21. The molecule has 0 aliphatic carbocycles. The van der Waals surface area contributed by atoms with Crippen molar-refractivity contribution in [3.05, 3.63) is 40.3 Å². The maximum Gasteiger partial charge on any atom is 0.265 e. The molecule has 0 atom stereocenters. The van der Waals surface area contributed by atoms with Gasteiger partial charge in [0.15, 0.2) is 0 Å². The molecule has 0 saturated carbocycles. The van der Waals surface area contributed by atoms with E-state index in [0.29, 0.717) is 18.7 Å². The average molecular weight is 289 g/mol. The molecular formula is C15H21N4O2+. The summed E-state index contributed by atoms with van der Waals surface area (Å²) in [5.74, 6) is -0.325. The Hall–Kier alpha value is -2.21. The van der Waals surface area contributed by atoms with E-state index in [-0.39, 0.29) is 17.0 Å². The number of likely N-dealkylation sites (N-methyl/N-ethyl adjacent to an activating group) is 1. The van der Waals surface area contributed by atoms with Gasteiger partial charge in [0.25, 0.3) is 11.5 Å². The molecule has 0 aliphatic heterocycles. The molecule has 0 saturated heterocycles. The number of hydrogen-bond donors (Lipinski definition) is 2. The predicted molar refractivity (Wildman–Crippen MR) is 81.7 cm³/mol. The van der Waals surface area contributed by atoms with Gasteiger partial charge in [-0.1, -0.05) is 0 Å². The number of rotatable bonds is 5. The maximum atomic E-state index is 12.4. The molecular weight excluding hydrogens is 268 g/mol. The largest absolute Gasteiger partial charge is 0.346 e. The van der Waals surface area contributed by atoms with Crippen LogP contribution in [0.3, 0.4) is 0 Å². The first-order chi connectivity index (χ1) is 10.0. The third kappa shape index (κ3) is 3.28. The van der Waals surface area contributed by atoms with Crippen molar-refractivity contribution in [2.75, 3.05) is 27.2 Å². The first-order valence-corrected chi connectivity index (χ1v) is 7.10. The predicted octanol–water partition coefficient (Wildman–Crippen LogP) is -0.709. The van der Waals surface area contributed by atoms with Crippen LogP contribution in [0.2, 0.25) is 0 Å². The zero-order valence-corrected chi connectivity index (χ0v) is 12.6. The minimum Gasteiger partial charge on any atom is -0.346 e. The molecule has 6 heteroatoms. The lowest BCUT2D eigenvalue weighted by molar-refractivity contribution is -0.856. The number of amides is 1. The van der Waals surface area contributed by atoms with Gasteiger partial charge in [0.1, 0.15) is 11.2 Å². The van der Waals surface area contributed by atoms with Crippen LogP contribution in [0.15, 0.2) is 29.2 Å². The fraction of sp³-hybridized carbons (Fsp3) is 0.400. The number of nitrogens with one attached hydrogen (secondary N) is 2. The van der Waals surface area contributed by atoms with Crippen LogP contribution in [0.4, 0.5) is 0 Å².